The number of carbonyl (C=O) groups is 3. The lowest BCUT2D eigenvalue weighted by Crippen LogP contribution is -2.44. The highest BCUT2D eigenvalue weighted by molar-refractivity contribution is 5.95. The topological polar surface area (TPSA) is 91.0 Å². The number of carbonyl (C=O) groups excluding carboxylic acids is 3. The predicted octanol–water partition coefficient (Wildman–Crippen LogP) is 2.66. The van der Waals surface area contributed by atoms with Gasteiger partial charge in [-0.25, -0.2) is 0 Å². The van der Waals surface area contributed by atoms with Gasteiger partial charge >= 0.3 is 0 Å². The fourth-order valence-corrected chi connectivity index (χ4v) is 5.36. The number of ether oxygens (including phenoxy) is 1. The summed E-state index contributed by atoms with van der Waals surface area (Å²) in [7, 11) is 0. The van der Waals surface area contributed by atoms with Crippen LogP contribution in [0, 0.1) is 0 Å². The van der Waals surface area contributed by atoms with Crippen LogP contribution in [0.15, 0.2) is 48.5 Å². The highest BCUT2D eigenvalue weighted by atomic mass is 35.5. The number of halogens is 1. The normalized spacial score (nSPS) is 22.2. The van der Waals surface area contributed by atoms with Crippen LogP contribution in [-0.2, 0) is 11.2 Å². The Bertz CT molecular complexity index is 1110. The largest absolute Gasteiger partial charge is 0.493 e. The lowest BCUT2D eigenvalue weighted by Gasteiger charge is -2.31. The maximum absolute atomic E-state index is 13.5. The standard InChI is InChI=1S/C28H34N4O4.ClH/c33-26-24-18-23(19-30-24)32(28(35)20-7-2-1-3-8-20)15-6-14-31(13-5-4-12-29-26)27(34)22-9-10-25-21(17-22)11-16-36-25;/h1-3,7-10,17,23-24,30H,4-6,11-16,18-19H2,(H,29,33);1H/t23-,24-;/m0./s1. The quantitative estimate of drug-likeness (QED) is 0.628. The third-order valence-corrected chi connectivity index (χ3v) is 7.35. The molecular formula is C28H35ClN4O4. The Morgan fingerprint density at radius 3 is 2.57 bits per heavy atom. The molecular weight excluding hydrogens is 492 g/mol. The van der Waals surface area contributed by atoms with E-state index in [1.54, 1.807) is 0 Å². The van der Waals surface area contributed by atoms with Gasteiger partial charge in [-0.1, -0.05) is 18.2 Å². The van der Waals surface area contributed by atoms with Crippen molar-refractivity contribution >= 4 is 30.1 Å². The zero-order chi connectivity index (χ0) is 24.9. The molecule has 3 amide bonds. The molecule has 0 aromatic heterocycles. The molecule has 2 bridgehead atoms. The van der Waals surface area contributed by atoms with Crippen molar-refractivity contribution in [3.63, 3.8) is 0 Å². The third-order valence-electron chi connectivity index (χ3n) is 7.35. The molecule has 0 spiro atoms. The summed E-state index contributed by atoms with van der Waals surface area (Å²) in [4.78, 5) is 43.4. The highest BCUT2D eigenvalue weighted by Crippen LogP contribution is 2.26. The number of hydrogen-bond acceptors (Lipinski definition) is 5. The number of benzene rings is 2. The van der Waals surface area contributed by atoms with Gasteiger partial charge in [0, 0.05) is 56.3 Å². The Kier molecular flexibility index (Phi) is 9.05. The highest BCUT2D eigenvalue weighted by Gasteiger charge is 2.35. The van der Waals surface area contributed by atoms with Gasteiger partial charge in [0.15, 0.2) is 0 Å². The molecule has 0 aliphatic carbocycles. The second kappa shape index (κ2) is 12.4. The minimum Gasteiger partial charge on any atom is -0.493 e. The van der Waals surface area contributed by atoms with Crippen LogP contribution in [0.5, 0.6) is 5.75 Å². The van der Waals surface area contributed by atoms with E-state index >= 15 is 0 Å². The van der Waals surface area contributed by atoms with Crippen LogP contribution in [0.4, 0.5) is 0 Å². The molecule has 3 aliphatic rings. The average molecular weight is 527 g/mol. The minimum atomic E-state index is -0.286. The maximum Gasteiger partial charge on any atom is 0.254 e. The number of nitrogens with one attached hydrogen (secondary N) is 2. The van der Waals surface area contributed by atoms with E-state index in [1.807, 2.05) is 58.3 Å². The number of fused-ring (bicyclic) bond motifs is 3. The number of rotatable bonds is 2. The van der Waals surface area contributed by atoms with Crippen molar-refractivity contribution in [2.24, 2.45) is 0 Å². The van der Waals surface area contributed by atoms with E-state index in [-0.39, 0.29) is 42.2 Å². The van der Waals surface area contributed by atoms with Crippen molar-refractivity contribution in [1.82, 2.24) is 20.4 Å². The molecule has 9 heteroatoms. The van der Waals surface area contributed by atoms with Gasteiger partial charge in [-0.05, 0) is 61.6 Å². The number of hydrogen-bond donors (Lipinski definition) is 2. The smallest absolute Gasteiger partial charge is 0.254 e. The second-order valence-corrected chi connectivity index (χ2v) is 9.78. The van der Waals surface area contributed by atoms with Crippen LogP contribution < -0.4 is 15.4 Å². The van der Waals surface area contributed by atoms with Crippen LogP contribution >= 0.6 is 12.4 Å². The van der Waals surface area contributed by atoms with Crippen molar-refractivity contribution in [3.8, 4) is 5.75 Å². The molecule has 0 unspecified atom stereocenters. The Balaban J connectivity index is 0.00000320. The SMILES string of the molecule is Cl.O=C1NCCCCN(C(=O)c2ccc3c(c2)CCO3)CCCN(C(=O)c2ccccc2)[C@@H]2CN[C@H]1C2. The molecule has 2 aromatic carbocycles. The van der Waals surface area contributed by atoms with Crippen molar-refractivity contribution in [2.75, 3.05) is 39.3 Å². The Hall–Kier alpha value is -3.10. The first-order valence-electron chi connectivity index (χ1n) is 13.0. The van der Waals surface area contributed by atoms with Crippen LogP contribution in [0.2, 0.25) is 0 Å². The van der Waals surface area contributed by atoms with Crippen LogP contribution in [0.3, 0.4) is 0 Å². The summed E-state index contributed by atoms with van der Waals surface area (Å²) >= 11 is 0. The van der Waals surface area contributed by atoms with E-state index in [0.29, 0.717) is 63.3 Å². The van der Waals surface area contributed by atoms with Crippen molar-refractivity contribution < 1.29 is 19.1 Å². The van der Waals surface area contributed by atoms with Gasteiger partial charge in [-0.3, -0.25) is 14.4 Å². The van der Waals surface area contributed by atoms with Crippen molar-refractivity contribution in [3.05, 3.63) is 65.2 Å². The molecule has 2 atom stereocenters. The molecule has 2 aromatic rings. The summed E-state index contributed by atoms with van der Waals surface area (Å²) in [6, 6.07) is 14.6. The third kappa shape index (κ3) is 6.25. The van der Waals surface area contributed by atoms with E-state index in [0.717, 1.165) is 30.6 Å². The zero-order valence-corrected chi connectivity index (χ0v) is 21.8. The molecule has 2 saturated heterocycles. The van der Waals surface area contributed by atoms with E-state index in [2.05, 4.69) is 10.6 Å². The van der Waals surface area contributed by atoms with Crippen molar-refractivity contribution in [1.29, 1.82) is 0 Å². The molecule has 37 heavy (non-hydrogen) atoms. The van der Waals surface area contributed by atoms with Gasteiger partial charge in [0.2, 0.25) is 5.91 Å². The van der Waals surface area contributed by atoms with Crippen LogP contribution in [-0.4, -0.2) is 78.9 Å². The molecule has 3 heterocycles. The monoisotopic (exact) mass is 526 g/mol. The molecule has 5 rings (SSSR count). The fraction of sp³-hybridized carbons (Fsp3) is 0.464. The molecule has 198 valence electrons. The zero-order valence-electron chi connectivity index (χ0n) is 21.0. The van der Waals surface area contributed by atoms with Gasteiger partial charge in [-0.2, -0.15) is 0 Å². The first kappa shape index (κ1) is 26.9. The first-order chi connectivity index (χ1) is 17.6. The summed E-state index contributed by atoms with van der Waals surface area (Å²) in [5.41, 5.74) is 2.39. The first-order valence-corrected chi connectivity index (χ1v) is 13.0. The second-order valence-electron chi connectivity index (χ2n) is 9.78. The summed E-state index contributed by atoms with van der Waals surface area (Å²) in [5.74, 6) is 0.813. The number of amides is 3. The average Bonchev–Trinajstić information content (AvgIpc) is 3.58. The van der Waals surface area contributed by atoms with E-state index in [1.165, 1.54) is 0 Å². The Morgan fingerprint density at radius 2 is 1.73 bits per heavy atom. The summed E-state index contributed by atoms with van der Waals surface area (Å²) in [6.45, 7) is 3.52. The van der Waals surface area contributed by atoms with Gasteiger partial charge in [0.05, 0.1) is 12.6 Å². The molecule has 2 fully saturated rings. The maximum atomic E-state index is 13.5. The lowest BCUT2D eigenvalue weighted by atomic mass is 10.1. The van der Waals surface area contributed by atoms with Crippen LogP contribution in [0.1, 0.15) is 52.0 Å². The van der Waals surface area contributed by atoms with Crippen molar-refractivity contribution in [2.45, 2.75) is 44.2 Å². The summed E-state index contributed by atoms with van der Waals surface area (Å²) in [6.07, 6.45) is 3.69. The van der Waals surface area contributed by atoms with E-state index in [4.69, 9.17) is 4.74 Å². The number of nitrogens with zero attached hydrogens (tertiary/aromatic N) is 2. The van der Waals surface area contributed by atoms with E-state index in [9.17, 15) is 14.4 Å². The molecule has 8 nitrogen and oxygen atoms in total. The van der Waals surface area contributed by atoms with Crippen LogP contribution in [0.25, 0.3) is 0 Å². The van der Waals surface area contributed by atoms with Gasteiger partial charge in [-0.15, -0.1) is 12.4 Å². The Morgan fingerprint density at radius 1 is 0.919 bits per heavy atom. The minimum absolute atomic E-state index is 0. The van der Waals surface area contributed by atoms with Gasteiger partial charge in [0.25, 0.3) is 11.8 Å². The Labute approximate surface area is 224 Å². The molecule has 2 N–H and O–H groups in total. The van der Waals surface area contributed by atoms with E-state index < -0.39 is 0 Å². The predicted molar refractivity (Wildman–Crippen MR) is 143 cm³/mol. The summed E-state index contributed by atoms with van der Waals surface area (Å²) < 4.78 is 5.59. The molecule has 3 aliphatic heterocycles. The fourth-order valence-electron chi connectivity index (χ4n) is 5.36. The summed E-state index contributed by atoms with van der Waals surface area (Å²) in [5, 5.41) is 6.32. The van der Waals surface area contributed by atoms with Gasteiger partial charge < -0.3 is 25.2 Å². The molecule has 0 radical (unpaired) electrons. The van der Waals surface area contributed by atoms with Gasteiger partial charge in [0.1, 0.15) is 5.75 Å². The molecule has 0 saturated carbocycles. The lowest BCUT2D eigenvalue weighted by molar-refractivity contribution is -0.122.